The van der Waals surface area contributed by atoms with Gasteiger partial charge in [0.1, 0.15) is 30.7 Å². The van der Waals surface area contributed by atoms with Crippen molar-refractivity contribution in [1.82, 2.24) is 0 Å². The minimum absolute atomic E-state index is 0.219. The molecule has 0 spiro atoms. The molecule has 1 aliphatic heterocycles. The third kappa shape index (κ3) is 9.93. The zero-order valence-electron chi connectivity index (χ0n) is 30.1. The van der Waals surface area contributed by atoms with Crippen LogP contribution in [-0.4, -0.2) is 51.3 Å². The first-order valence-corrected chi connectivity index (χ1v) is 18.8. The first-order chi connectivity index (χ1) is 26.1. The summed E-state index contributed by atoms with van der Waals surface area (Å²) in [6.45, 7) is 2.43. The largest absolute Gasteiger partial charge is 0.491 e. The summed E-state index contributed by atoms with van der Waals surface area (Å²) in [6.07, 6.45) is 1.61. The molecular weight excluding hydrogens is 688 g/mol. The van der Waals surface area contributed by atoms with E-state index in [0.29, 0.717) is 50.6 Å². The molecular formula is C45H47ClO7. The molecule has 7 nitrogen and oxygen atoms in total. The molecule has 5 aromatic rings. The van der Waals surface area contributed by atoms with Crippen LogP contribution < -0.4 is 4.74 Å². The second-order valence-electron chi connectivity index (χ2n) is 13.5. The predicted molar refractivity (Wildman–Crippen MR) is 205 cm³/mol. The van der Waals surface area contributed by atoms with Gasteiger partial charge < -0.3 is 33.2 Å². The molecule has 0 aromatic heterocycles. The molecule has 7 rings (SSSR count). The molecule has 1 heterocycles. The Balaban J connectivity index is 1.16. The highest BCUT2D eigenvalue weighted by molar-refractivity contribution is 6.31. The van der Waals surface area contributed by atoms with Crippen LogP contribution in [-0.2, 0) is 60.4 Å². The van der Waals surface area contributed by atoms with Gasteiger partial charge in [-0.2, -0.15) is 0 Å². The van der Waals surface area contributed by atoms with Gasteiger partial charge in [0.05, 0.1) is 39.1 Å². The van der Waals surface area contributed by atoms with Gasteiger partial charge in [-0.1, -0.05) is 121 Å². The maximum atomic E-state index is 6.87. The Morgan fingerprint density at radius 2 is 1.25 bits per heavy atom. The molecule has 0 N–H and O–H groups in total. The Labute approximate surface area is 317 Å². The average Bonchev–Trinajstić information content (AvgIpc) is 4.04. The van der Waals surface area contributed by atoms with Crippen LogP contribution in [0.25, 0.3) is 0 Å². The van der Waals surface area contributed by atoms with Crippen LogP contribution in [0.2, 0.25) is 5.02 Å². The topological polar surface area (TPSA) is 64.6 Å². The average molecular weight is 735 g/mol. The number of methoxy groups -OCH3 is 1. The monoisotopic (exact) mass is 734 g/mol. The number of benzene rings is 5. The maximum Gasteiger partial charge on any atom is 0.224 e. The van der Waals surface area contributed by atoms with E-state index in [1.807, 2.05) is 103 Å². The van der Waals surface area contributed by atoms with E-state index < -0.39 is 24.1 Å². The normalized spacial score (nSPS) is 21.4. The van der Waals surface area contributed by atoms with Crippen molar-refractivity contribution < 1.29 is 33.2 Å². The van der Waals surface area contributed by atoms with Crippen LogP contribution in [0.1, 0.15) is 46.2 Å². The van der Waals surface area contributed by atoms with E-state index in [1.54, 1.807) is 7.11 Å². The lowest BCUT2D eigenvalue weighted by atomic mass is 9.88. The summed E-state index contributed by atoms with van der Waals surface area (Å²) in [5.74, 6) is -0.520. The Morgan fingerprint density at radius 1 is 0.642 bits per heavy atom. The molecule has 4 unspecified atom stereocenters. The Bertz CT molecular complexity index is 1840. The van der Waals surface area contributed by atoms with Crippen molar-refractivity contribution in [3.63, 3.8) is 0 Å². The Kier molecular flexibility index (Phi) is 12.9. The quantitative estimate of drug-likeness (QED) is 0.0833. The highest BCUT2D eigenvalue weighted by Gasteiger charge is 2.55. The molecule has 0 bridgehead atoms. The molecule has 1 saturated carbocycles. The fraction of sp³-hybridized carbons (Fsp3) is 0.333. The van der Waals surface area contributed by atoms with E-state index in [4.69, 9.17) is 44.8 Å². The summed E-state index contributed by atoms with van der Waals surface area (Å²) >= 11 is 6.87. The number of ether oxygens (including phenoxy) is 7. The minimum Gasteiger partial charge on any atom is -0.491 e. The van der Waals surface area contributed by atoms with Crippen molar-refractivity contribution in [3.8, 4) is 5.75 Å². The van der Waals surface area contributed by atoms with E-state index in [-0.39, 0.29) is 6.61 Å². The zero-order chi connectivity index (χ0) is 36.3. The summed E-state index contributed by atoms with van der Waals surface area (Å²) in [7, 11) is 1.65. The Morgan fingerprint density at radius 3 is 1.85 bits per heavy atom. The van der Waals surface area contributed by atoms with Gasteiger partial charge in [-0.3, -0.25) is 0 Å². The smallest absolute Gasteiger partial charge is 0.224 e. The fourth-order valence-corrected chi connectivity index (χ4v) is 6.83. The van der Waals surface area contributed by atoms with Gasteiger partial charge in [0.2, 0.25) is 5.79 Å². The lowest BCUT2D eigenvalue weighted by Gasteiger charge is -2.49. The van der Waals surface area contributed by atoms with E-state index >= 15 is 0 Å². The van der Waals surface area contributed by atoms with Crippen molar-refractivity contribution >= 4 is 11.6 Å². The zero-order valence-corrected chi connectivity index (χ0v) is 30.9. The van der Waals surface area contributed by atoms with Crippen molar-refractivity contribution in [2.45, 2.75) is 69.3 Å². The number of hydrogen-bond donors (Lipinski definition) is 0. The van der Waals surface area contributed by atoms with Crippen LogP contribution in [0.15, 0.2) is 133 Å². The fourth-order valence-electron chi connectivity index (χ4n) is 6.64. The number of halogens is 1. The molecule has 53 heavy (non-hydrogen) atoms. The third-order valence-corrected chi connectivity index (χ3v) is 10.0. The van der Waals surface area contributed by atoms with Gasteiger partial charge in [-0.15, -0.1) is 0 Å². The molecule has 0 radical (unpaired) electrons. The molecule has 0 amide bonds. The van der Waals surface area contributed by atoms with Gasteiger partial charge >= 0.3 is 0 Å². The highest BCUT2D eigenvalue weighted by Crippen LogP contribution is 2.42. The minimum atomic E-state index is -1.33. The molecule has 276 valence electrons. The van der Waals surface area contributed by atoms with Crippen molar-refractivity contribution in [1.29, 1.82) is 0 Å². The van der Waals surface area contributed by atoms with Gasteiger partial charge in [0.25, 0.3) is 0 Å². The third-order valence-electron chi connectivity index (χ3n) is 9.67. The lowest BCUT2D eigenvalue weighted by molar-refractivity contribution is -0.360. The van der Waals surface area contributed by atoms with Gasteiger partial charge in [-0.25, -0.2) is 0 Å². The molecule has 1 saturated heterocycles. The van der Waals surface area contributed by atoms with Gasteiger partial charge in [-0.05, 0) is 71.3 Å². The summed E-state index contributed by atoms with van der Waals surface area (Å²) in [5, 5.41) is 0.649. The van der Waals surface area contributed by atoms with E-state index in [1.165, 1.54) is 0 Å². The van der Waals surface area contributed by atoms with Crippen LogP contribution in [0, 0.1) is 0 Å². The van der Waals surface area contributed by atoms with Crippen LogP contribution in [0.3, 0.4) is 0 Å². The van der Waals surface area contributed by atoms with Crippen molar-refractivity contribution in [2.75, 3.05) is 26.9 Å². The molecule has 4 atom stereocenters. The molecule has 2 fully saturated rings. The van der Waals surface area contributed by atoms with E-state index in [2.05, 4.69) is 30.3 Å². The molecule has 2 aliphatic rings. The highest BCUT2D eigenvalue weighted by atomic mass is 35.5. The standard InChI is InChI=1S/C45H47ClO7/c1-47-45(38-19-24-41(46)37(28-38)27-33-17-20-39(21-18-33)48-25-26-49-40-22-23-40)44(52-31-36-15-9-4-10-16-36)43(51-30-35-13-7-3-8-14-35)42(32-53-45)50-29-34-11-5-2-6-12-34/h2-21,24,28,40,42-44H,22-23,25-27,29-32H2,1H3. The number of hydrogen-bond acceptors (Lipinski definition) is 7. The molecule has 5 aromatic carbocycles. The first kappa shape index (κ1) is 37.3. The van der Waals surface area contributed by atoms with E-state index in [0.717, 1.165) is 52.0 Å². The summed E-state index contributed by atoms with van der Waals surface area (Å²) in [6, 6.07) is 44.3. The lowest BCUT2D eigenvalue weighted by Crippen LogP contribution is -2.62. The summed E-state index contributed by atoms with van der Waals surface area (Å²) in [4.78, 5) is 0. The van der Waals surface area contributed by atoms with Crippen molar-refractivity contribution in [3.05, 3.63) is 172 Å². The Hall–Kier alpha value is -4.05. The van der Waals surface area contributed by atoms with Crippen LogP contribution >= 0.6 is 11.6 Å². The van der Waals surface area contributed by atoms with Gasteiger partial charge in [0, 0.05) is 17.7 Å². The predicted octanol–water partition coefficient (Wildman–Crippen LogP) is 9.07. The van der Waals surface area contributed by atoms with Crippen molar-refractivity contribution in [2.24, 2.45) is 0 Å². The van der Waals surface area contributed by atoms with Gasteiger partial charge in [0.15, 0.2) is 0 Å². The maximum absolute atomic E-state index is 6.87. The number of rotatable bonds is 18. The SMILES string of the molecule is COC1(c2ccc(Cl)c(Cc3ccc(OCCOC4CC4)cc3)c2)OCC(OCc2ccccc2)C(OCc2ccccc2)C1OCc1ccccc1. The van der Waals surface area contributed by atoms with Crippen LogP contribution in [0.5, 0.6) is 5.75 Å². The first-order valence-electron chi connectivity index (χ1n) is 18.4. The molecule has 1 aliphatic carbocycles. The summed E-state index contributed by atoms with van der Waals surface area (Å²) < 4.78 is 45.1. The summed E-state index contributed by atoms with van der Waals surface area (Å²) in [5.41, 5.74) is 5.93. The van der Waals surface area contributed by atoms with Crippen LogP contribution in [0.4, 0.5) is 0 Å². The van der Waals surface area contributed by atoms with E-state index in [9.17, 15) is 0 Å². The second-order valence-corrected chi connectivity index (χ2v) is 13.9. The second kappa shape index (κ2) is 18.3. The molecule has 8 heteroatoms.